The molecule has 33 heavy (non-hydrogen) atoms. The molecule has 1 amide bonds. The molecule has 168 valence electrons. The van der Waals surface area contributed by atoms with Gasteiger partial charge >= 0.3 is 0 Å². The Bertz CT molecular complexity index is 1350. The largest absolute Gasteiger partial charge is 0.495 e. The molecule has 1 heterocycles. The molecule has 0 atom stereocenters. The van der Waals surface area contributed by atoms with Gasteiger partial charge in [0.2, 0.25) is 5.89 Å². The standard InChI is InChI=1S/C25H22BrN3O3S/c1-14(2)15-7-10-22-20(12-15)27-24(32-22)17-8-9-21(31-3)19(13-17)28-25(33)29-23(30)16-5-4-6-18(26)11-16/h4-14H,1-3H3,(H2,28,29,30,33). The number of amides is 1. The molecule has 0 fully saturated rings. The molecule has 3 aromatic carbocycles. The Labute approximate surface area is 205 Å². The monoisotopic (exact) mass is 523 g/mol. The van der Waals surface area contributed by atoms with E-state index in [0.29, 0.717) is 28.8 Å². The van der Waals surface area contributed by atoms with Gasteiger partial charge < -0.3 is 14.5 Å². The van der Waals surface area contributed by atoms with E-state index in [9.17, 15) is 4.79 Å². The van der Waals surface area contributed by atoms with Crippen LogP contribution in [0.2, 0.25) is 0 Å². The molecule has 0 unspecified atom stereocenters. The molecule has 4 aromatic rings. The number of carbonyl (C=O) groups is 1. The minimum Gasteiger partial charge on any atom is -0.495 e. The van der Waals surface area contributed by atoms with Crippen LogP contribution < -0.4 is 15.4 Å². The maximum atomic E-state index is 12.5. The number of carbonyl (C=O) groups excluding carboxylic acids is 1. The van der Waals surface area contributed by atoms with E-state index in [4.69, 9.17) is 21.4 Å². The minimum absolute atomic E-state index is 0.148. The molecule has 2 N–H and O–H groups in total. The second kappa shape index (κ2) is 9.72. The number of nitrogens with zero attached hydrogens (tertiary/aromatic N) is 1. The molecule has 0 saturated heterocycles. The van der Waals surface area contributed by atoms with E-state index >= 15 is 0 Å². The quantitative estimate of drug-likeness (QED) is 0.290. The average Bonchev–Trinajstić information content (AvgIpc) is 3.22. The lowest BCUT2D eigenvalue weighted by Gasteiger charge is -2.13. The molecule has 1 aromatic heterocycles. The fraction of sp³-hybridized carbons (Fsp3) is 0.160. The Hall–Kier alpha value is -3.23. The van der Waals surface area contributed by atoms with Crippen molar-refractivity contribution < 1.29 is 13.9 Å². The molecule has 0 radical (unpaired) electrons. The van der Waals surface area contributed by atoms with Crippen molar-refractivity contribution in [1.29, 1.82) is 0 Å². The molecule has 0 aliphatic heterocycles. The van der Waals surface area contributed by atoms with E-state index in [2.05, 4.69) is 51.5 Å². The van der Waals surface area contributed by atoms with Crippen LogP contribution in [-0.2, 0) is 0 Å². The van der Waals surface area contributed by atoms with Crippen LogP contribution in [0, 0.1) is 0 Å². The van der Waals surface area contributed by atoms with E-state index < -0.39 is 0 Å². The van der Waals surface area contributed by atoms with Crippen molar-refractivity contribution in [3.8, 4) is 17.2 Å². The summed E-state index contributed by atoms with van der Waals surface area (Å²) in [6.07, 6.45) is 0. The number of nitrogens with one attached hydrogen (secondary N) is 2. The molecule has 0 aliphatic carbocycles. The van der Waals surface area contributed by atoms with Gasteiger partial charge in [0.25, 0.3) is 5.91 Å². The number of ether oxygens (including phenoxy) is 1. The third kappa shape index (κ3) is 5.23. The number of halogens is 1. The van der Waals surface area contributed by atoms with Gasteiger partial charge in [0.1, 0.15) is 11.3 Å². The number of methoxy groups -OCH3 is 1. The predicted molar refractivity (Wildman–Crippen MR) is 138 cm³/mol. The second-order valence-corrected chi connectivity index (χ2v) is 9.06. The van der Waals surface area contributed by atoms with Crippen molar-refractivity contribution in [2.75, 3.05) is 12.4 Å². The van der Waals surface area contributed by atoms with Crippen LogP contribution in [0.4, 0.5) is 5.69 Å². The zero-order valence-electron chi connectivity index (χ0n) is 18.3. The maximum absolute atomic E-state index is 12.5. The van der Waals surface area contributed by atoms with Crippen molar-refractivity contribution in [2.24, 2.45) is 0 Å². The lowest BCUT2D eigenvalue weighted by molar-refractivity contribution is 0.0977. The van der Waals surface area contributed by atoms with Gasteiger partial charge in [-0.1, -0.05) is 41.9 Å². The second-order valence-electron chi connectivity index (χ2n) is 7.73. The summed E-state index contributed by atoms with van der Waals surface area (Å²) >= 11 is 8.72. The number of anilines is 1. The third-order valence-corrected chi connectivity index (χ3v) is 5.78. The average molecular weight is 524 g/mol. The fourth-order valence-corrected chi connectivity index (χ4v) is 3.93. The zero-order chi connectivity index (χ0) is 23.5. The summed E-state index contributed by atoms with van der Waals surface area (Å²) in [4.78, 5) is 17.2. The molecular formula is C25H22BrN3O3S. The number of hydrogen-bond donors (Lipinski definition) is 2. The topological polar surface area (TPSA) is 76.4 Å². The minimum atomic E-state index is -0.316. The summed E-state index contributed by atoms with van der Waals surface area (Å²) in [5.74, 6) is 1.14. The van der Waals surface area contributed by atoms with Crippen LogP contribution in [0.15, 0.2) is 69.6 Å². The number of fused-ring (bicyclic) bond motifs is 1. The molecule has 0 bridgehead atoms. The first-order valence-electron chi connectivity index (χ1n) is 10.3. The number of rotatable bonds is 5. The zero-order valence-corrected chi connectivity index (χ0v) is 20.7. The Morgan fingerprint density at radius 3 is 2.67 bits per heavy atom. The number of thiocarbonyl (C=S) groups is 1. The first kappa shape index (κ1) is 22.9. The first-order valence-corrected chi connectivity index (χ1v) is 11.5. The van der Waals surface area contributed by atoms with Crippen LogP contribution in [0.25, 0.3) is 22.6 Å². The van der Waals surface area contributed by atoms with Crippen LogP contribution in [0.3, 0.4) is 0 Å². The Morgan fingerprint density at radius 2 is 1.94 bits per heavy atom. The van der Waals surface area contributed by atoms with Gasteiger partial charge in [-0.3, -0.25) is 10.1 Å². The van der Waals surface area contributed by atoms with Crippen LogP contribution in [-0.4, -0.2) is 23.1 Å². The summed E-state index contributed by atoms with van der Waals surface area (Å²) in [5, 5.41) is 5.87. The summed E-state index contributed by atoms with van der Waals surface area (Å²) in [7, 11) is 1.57. The van der Waals surface area contributed by atoms with Gasteiger partial charge in [-0.2, -0.15) is 0 Å². The summed E-state index contributed by atoms with van der Waals surface area (Å²) in [5.41, 5.74) is 4.55. The number of benzene rings is 3. The van der Waals surface area contributed by atoms with Gasteiger partial charge in [-0.25, -0.2) is 4.98 Å². The van der Waals surface area contributed by atoms with Gasteiger partial charge in [0.05, 0.1) is 12.8 Å². The molecule has 0 aliphatic rings. The van der Waals surface area contributed by atoms with Crippen molar-refractivity contribution in [3.63, 3.8) is 0 Å². The fourth-order valence-electron chi connectivity index (χ4n) is 3.32. The van der Waals surface area contributed by atoms with Crippen LogP contribution in [0.5, 0.6) is 5.75 Å². The lowest BCUT2D eigenvalue weighted by atomic mass is 10.0. The van der Waals surface area contributed by atoms with E-state index in [1.54, 1.807) is 31.4 Å². The maximum Gasteiger partial charge on any atom is 0.257 e. The van der Waals surface area contributed by atoms with E-state index in [0.717, 1.165) is 21.1 Å². The Morgan fingerprint density at radius 1 is 1.12 bits per heavy atom. The van der Waals surface area contributed by atoms with Crippen LogP contribution >= 0.6 is 28.1 Å². The summed E-state index contributed by atoms with van der Waals surface area (Å²) < 4.78 is 12.2. The Balaban J connectivity index is 1.57. The number of hydrogen-bond acceptors (Lipinski definition) is 5. The highest BCUT2D eigenvalue weighted by atomic mass is 79.9. The Kier molecular flexibility index (Phi) is 6.76. The normalized spacial score (nSPS) is 10.9. The summed E-state index contributed by atoms with van der Waals surface area (Å²) in [6.45, 7) is 4.28. The van der Waals surface area contributed by atoms with Crippen molar-refractivity contribution in [1.82, 2.24) is 10.3 Å². The van der Waals surface area contributed by atoms with Crippen LogP contribution in [0.1, 0.15) is 35.7 Å². The molecule has 0 spiro atoms. The number of aromatic nitrogens is 1. The predicted octanol–water partition coefficient (Wildman–Crippen LogP) is 6.52. The SMILES string of the molecule is COc1ccc(-c2nc3cc(C(C)C)ccc3o2)cc1NC(=S)NC(=O)c1cccc(Br)c1. The molecule has 4 rings (SSSR count). The summed E-state index contributed by atoms with van der Waals surface area (Å²) in [6, 6.07) is 18.6. The third-order valence-electron chi connectivity index (χ3n) is 5.09. The van der Waals surface area contributed by atoms with Crippen molar-refractivity contribution in [2.45, 2.75) is 19.8 Å². The van der Waals surface area contributed by atoms with Gasteiger partial charge in [0.15, 0.2) is 10.7 Å². The lowest BCUT2D eigenvalue weighted by Crippen LogP contribution is -2.34. The highest BCUT2D eigenvalue weighted by molar-refractivity contribution is 9.10. The highest BCUT2D eigenvalue weighted by Crippen LogP contribution is 2.32. The van der Waals surface area contributed by atoms with Crippen molar-refractivity contribution >= 4 is 56.0 Å². The van der Waals surface area contributed by atoms with E-state index in [1.165, 1.54) is 5.56 Å². The highest BCUT2D eigenvalue weighted by Gasteiger charge is 2.15. The molecule has 8 heteroatoms. The van der Waals surface area contributed by atoms with Gasteiger partial charge in [-0.15, -0.1) is 0 Å². The molecular weight excluding hydrogens is 502 g/mol. The molecule has 0 saturated carbocycles. The van der Waals surface area contributed by atoms with E-state index in [-0.39, 0.29) is 11.0 Å². The van der Waals surface area contributed by atoms with Gasteiger partial charge in [-0.05, 0) is 72.2 Å². The number of oxazole rings is 1. The first-order chi connectivity index (χ1) is 15.8. The smallest absolute Gasteiger partial charge is 0.257 e. The van der Waals surface area contributed by atoms with Crippen molar-refractivity contribution in [3.05, 3.63) is 76.3 Å². The molecule has 6 nitrogen and oxygen atoms in total. The van der Waals surface area contributed by atoms with Gasteiger partial charge in [0, 0.05) is 15.6 Å². The van der Waals surface area contributed by atoms with E-state index in [1.807, 2.05) is 30.3 Å².